The average Bonchev–Trinajstić information content (AvgIpc) is 2.27. The highest BCUT2D eigenvalue weighted by Gasteiger charge is 2.07. The number of aliphatic hydroxyl groups is 1. The summed E-state index contributed by atoms with van der Waals surface area (Å²) in [6.07, 6.45) is 4.19. The fraction of sp³-hybridized carbons (Fsp3) is 0.538. The van der Waals surface area contributed by atoms with Crippen molar-refractivity contribution in [1.29, 1.82) is 0 Å². The summed E-state index contributed by atoms with van der Waals surface area (Å²) in [6.45, 7) is 2.36. The van der Waals surface area contributed by atoms with Gasteiger partial charge in [0.25, 0.3) is 0 Å². The first-order chi connectivity index (χ1) is 7.26. The minimum absolute atomic E-state index is 0.201. The van der Waals surface area contributed by atoms with Crippen LogP contribution in [0, 0.1) is 11.7 Å². The molecular weight excluding hydrogens is 191 g/mol. The van der Waals surface area contributed by atoms with Crippen LogP contribution in [-0.4, -0.2) is 11.7 Å². The minimum atomic E-state index is -0.201. The maximum Gasteiger partial charge on any atom is 0.123 e. The Morgan fingerprint density at radius 3 is 2.47 bits per heavy atom. The third-order valence-electron chi connectivity index (χ3n) is 2.66. The molecule has 0 aliphatic carbocycles. The number of aliphatic hydroxyl groups excluding tert-OH is 1. The number of hydrogen-bond donors (Lipinski definition) is 1. The molecule has 84 valence electrons. The number of halogens is 1. The summed E-state index contributed by atoms with van der Waals surface area (Å²) < 4.78 is 12.7. The highest BCUT2D eigenvalue weighted by atomic mass is 19.1. The monoisotopic (exact) mass is 210 g/mol. The summed E-state index contributed by atoms with van der Waals surface area (Å²) in [5, 5.41) is 9.19. The molecule has 0 heterocycles. The van der Waals surface area contributed by atoms with E-state index in [0.29, 0.717) is 5.92 Å². The molecule has 0 amide bonds. The number of unbranched alkanes of at least 4 members (excludes halogenated alkanes) is 1. The molecule has 1 rings (SSSR count). The predicted molar refractivity (Wildman–Crippen MR) is 60.2 cm³/mol. The summed E-state index contributed by atoms with van der Waals surface area (Å²) in [4.78, 5) is 0. The van der Waals surface area contributed by atoms with Crippen molar-refractivity contribution in [2.75, 3.05) is 6.61 Å². The number of hydrogen-bond acceptors (Lipinski definition) is 1. The molecule has 1 aromatic carbocycles. The summed E-state index contributed by atoms with van der Waals surface area (Å²) in [6, 6.07) is 6.54. The van der Waals surface area contributed by atoms with Gasteiger partial charge in [0.2, 0.25) is 0 Å². The fourth-order valence-electron chi connectivity index (χ4n) is 1.70. The lowest BCUT2D eigenvalue weighted by molar-refractivity contribution is 0.215. The van der Waals surface area contributed by atoms with Crippen molar-refractivity contribution in [2.24, 2.45) is 5.92 Å². The third-order valence-corrected chi connectivity index (χ3v) is 2.66. The van der Waals surface area contributed by atoms with E-state index in [2.05, 4.69) is 6.92 Å². The van der Waals surface area contributed by atoms with E-state index in [1.165, 1.54) is 12.1 Å². The smallest absolute Gasteiger partial charge is 0.123 e. The zero-order valence-corrected chi connectivity index (χ0v) is 9.25. The van der Waals surface area contributed by atoms with Crippen molar-refractivity contribution in [3.63, 3.8) is 0 Å². The molecule has 0 spiro atoms. The topological polar surface area (TPSA) is 20.2 Å². The molecule has 2 heteroatoms. The van der Waals surface area contributed by atoms with Crippen molar-refractivity contribution in [1.82, 2.24) is 0 Å². The van der Waals surface area contributed by atoms with Crippen molar-refractivity contribution in [3.05, 3.63) is 35.6 Å². The Labute approximate surface area is 90.9 Å². The first-order valence-electron chi connectivity index (χ1n) is 5.61. The molecule has 15 heavy (non-hydrogen) atoms. The first kappa shape index (κ1) is 12.2. The fourth-order valence-corrected chi connectivity index (χ4v) is 1.70. The van der Waals surface area contributed by atoms with Gasteiger partial charge in [-0.2, -0.15) is 0 Å². The van der Waals surface area contributed by atoms with Gasteiger partial charge in [-0.15, -0.1) is 0 Å². The molecule has 0 saturated heterocycles. The van der Waals surface area contributed by atoms with Gasteiger partial charge < -0.3 is 5.11 Å². The van der Waals surface area contributed by atoms with Gasteiger partial charge in [-0.1, -0.05) is 31.9 Å². The highest BCUT2D eigenvalue weighted by molar-refractivity contribution is 5.16. The van der Waals surface area contributed by atoms with Crippen LogP contribution < -0.4 is 0 Å². The van der Waals surface area contributed by atoms with Crippen LogP contribution in [0.25, 0.3) is 0 Å². The Kier molecular flexibility index (Phi) is 5.33. The van der Waals surface area contributed by atoms with E-state index < -0.39 is 0 Å². The van der Waals surface area contributed by atoms with Gasteiger partial charge in [0.05, 0.1) is 0 Å². The second-order valence-electron chi connectivity index (χ2n) is 4.02. The van der Waals surface area contributed by atoms with E-state index in [1.54, 1.807) is 12.1 Å². The van der Waals surface area contributed by atoms with Crippen LogP contribution in [0.3, 0.4) is 0 Å². The van der Waals surface area contributed by atoms with Crippen LogP contribution in [0.4, 0.5) is 4.39 Å². The van der Waals surface area contributed by atoms with Gasteiger partial charge in [0.1, 0.15) is 5.82 Å². The lowest BCUT2D eigenvalue weighted by Crippen LogP contribution is -2.09. The van der Waals surface area contributed by atoms with E-state index in [-0.39, 0.29) is 12.4 Å². The van der Waals surface area contributed by atoms with E-state index >= 15 is 0 Å². The second-order valence-corrected chi connectivity index (χ2v) is 4.02. The normalized spacial score (nSPS) is 12.7. The third kappa shape index (κ3) is 4.43. The molecule has 0 aliphatic heterocycles. The molecular formula is C13H19FO. The molecule has 1 nitrogen and oxygen atoms in total. The van der Waals surface area contributed by atoms with Crippen molar-refractivity contribution in [3.8, 4) is 0 Å². The Bertz CT molecular complexity index is 268. The molecule has 0 radical (unpaired) electrons. The quantitative estimate of drug-likeness (QED) is 0.764. The standard InChI is InChI=1S/C13H19FO/c1-2-3-4-12(10-15)9-11-5-7-13(14)8-6-11/h5-8,12,15H,2-4,9-10H2,1H3. The zero-order chi connectivity index (χ0) is 11.1. The zero-order valence-electron chi connectivity index (χ0n) is 9.25. The summed E-state index contributed by atoms with van der Waals surface area (Å²) >= 11 is 0. The van der Waals surface area contributed by atoms with Gasteiger partial charge in [0, 0.05) is 6.61 Å². The number of benzene rings is 1. The molecule has 1 unspecified atom stereocenters. The van der Waals surface area contributed by atoms with Gasteiger partial charge in [-0.3, -0.25) is 0 Å². The van der Waals surface area contributed by atoms with E-state index in [1.807, 2.05) is 0 Å². The molecule has 0 saturated carbocycles. The molecule has 1 aromatic rings. The lowest BCUT2D eigenvalue weighted by atomic mass is 9.95. The summed E-state index contributed by atoms with van der Waals surface area (Å²) in [5.74, 6) is 0.114. The van der Waals surface area contributed by atoms with Gasteiger partial charge in [-0.25, -0.2) is 4.39 Å². The molecule has 0 bridgehead atoms. The van der Waals surface area contributed by atoms with Gasteiger partial charge in [-0.05, 0) is 36.5 Å². The van der Waals surface area contributed by atoms with Crippen LogP contribution in [0.2, 0.25) is 0 Å². The van der Waals surface area contributed by atoms with Crippen LogP contribution in [0.1, 0.15) is 31.7 Å². The molecule has 0 aliphatic rings. The SMILES string of the molecule is CCCCC(CO)Cc1ccc(F)cc1. The van der Waals surface area contributed by atoms with Crippen LogP contribution in [-0.2, 0) is 6.42 Å². The van der Waals surface area contributed by atoms with Crippen LogP contribution >= 0.6 is 0 Å². The first-order valence-corrected chi connectivity index (χ1v) is 5.61. The van der Waals surface area contributed by atoms with E-state index in [0.717, 1.165) is 31.2 Å². The van der Waals surface area contributed by atoms with Gasteiger partial charge in [0.15, 0.2) is 0 Å². The number of rotatable bonds is 6. The Hall–Kier alpha value is -0.890. The van der Waals surface area contributed by atoms with Gasteiger partial charge >= 0.3 is 0 Å². The Morgan fingerprint density at radius 2 is 1.93 bits per heavy atom. The van der Waals surface area contributed by atoms with Crippen molar-refractivity contribution in [2.45, 2.75) is 32.6 Å². The van der Waals surface area contributed by atoms with Crippen molar-refractivity contribution >= 4 is 0 Å². The second kappa shape index (κ2) is 6.57. The minimum Gasteiger partial charge on any atom is -0.396 e. The molecule has 0 fully saturated rings. The largest absolute Gasteiger partial charge is 0.396 e. The van der Waals surface area contributed by atoms with Crippen LogP contribution in [0.15, 0.2) is 24.3 Å². The molecule has 1 atom stereocenters. The predicted octanol–water partition coefficient (Wildman–Crippen LogP) is 3.17. The highest BCUT2D eigenvalue weighted by Crippen LogP contribution is 2.15. The summed E-state index contributed by atoms with van der Waals surface area (Å²) in [5.41, 5.74) is 1.10. The van der Waals surface area contributed by atoms with Crippen LogP contribution in [0.5, 0.6) is 0 Å². The average molecular weight is 210 g/mol. The lowest BCUT2D eigenvalue weighted by Gasteiger charge is -2.13. The maximum absolute atomic E-state index is 12.7. The molecule has 1 N–H and O–H groups in total. The Balaban J connectivity index is 2.47. The summed E-state index contributed by atoms with van der Waals surface area (Å²) in [7, 11) is 0. The maximum atomic E-state index is 12.7. The van der Waals surface area contributed by atoms with E-state index in [4.69, 9.17) is 0 Å². The van der Waals surface area contributed by atoms with E-state index in [9.17, 15) is 9.50 Å². The Morgan fingerprint density at radius 1 is 1.27 bits per heavy atom. The van der Waals surface area contributed by atoms with Crippen molar-refractivity contribution < 1.29 is 9.50 Å². The molecule has 0 aromatic heterocycles.